The third-order valence-electron chi connectivity index (χ3n) is 2.80. The van der Waals surface area contributed by atoms with Crippen LogP contribution in [0.3, 0.4) is 0 Å². The molecule has 0 unspecified atom stereocenters. The lowest BCUT2D eigenvalue weighted by Crippen LogP contribution is -2.23. The van der Waals surface area contributed by atoms with Gasteiger partial charge < -0.3 is 0 Å². The van der Waals surface area contributed by atoms with E-state index in [0.717, 1.165) is 6.04 Å². The van der Waals surface area contributed by atoms with Crippen molar-refractivity contribution in [1.82, 2.24) is 4.90 Å². The highest BCUT2D eigenvalue weighted by molar-refractivity contribution is 7.07. The van der Waals surface area contributed by atoms with Crippen molar-refractivity contribution in [2.75, 3.05) is 13.1 Å². The molecule has 13 heavy (non-hydrogen) atoms. The highest BCUT2D eigenvalue weighted by Crippen LogP contribution is 2.32. The van der Waals surface area contributed by atoms with E-state index in [1.807, 2.05) is 11.3 Å². The van der Waals surface area contributed by atoms with E-state index in [9.17, 15) is 0 Å². The Bertz CT molecular complexity index is 243. The van der Waals surface area contributed by atoms with Crippen molar-refractivity contribution >= 4 is 11.3 Å². The molecule has 1 saturated heterocycles. The lowest BCUT2D eigenvalue weighted by atomic mass is 10.1. The Morgan fingerprint density at radius 2 is 2.54 bits per heavy atom. The zero-order chi connectivity index (χ0) is 9.10. The van der Waals surface area contributed by atoms with Gasteiger partial charge in [-0.15, -0.1) is 0 Å². The Morgan fingerprint density at radius 1 is 1.62 bits per heavy atom. The third-order valence-corrected chi connectivity index (χ3v) is 3.50. The molecule has 0 spiro atoms. The van der Waals surface area contributed by atoms with Crippen LogP contribution in [-0.2, 0) is 0 Å². The van der Waals surface area contributed by atoms with Gasteiger partial charge in [-0.05, 0) is 54.7 Å². The highest BCUT2D eigenvalue weighted by atomic mass is 32.1. The Labute approximate surface area is 84.4 Å². The summed E-state index contributed by atoms with van der Waals surface area (Å²) in [6, 6.07) is 3.01. The lowest BCUT2D eigenvalue weighted by molar-refractivity contribution is 0.258. The molecular weight excluding hydrogens is 178 g/mol. The molecule has 0 saturated carbocycles. The molecule has 1 aliphatic heterocycles. The predicted molar refractivity (Wildman–Crippen MR) is 58.2 cm³/mol. The number of nitrogens with zero attached hydrogens (tertiary/aromatic N) is 1. The van der Waals surface area contributed by atoms with E-state index < -0.39 is 0 Å². The van der Waals surface area contributed by atoms with Crippen molar-refractivity contribution < 1.29 is 0 Å². The van der Waals surface area contributed by atoms with Crippen LogP contribution in [0.1, 0.15) is 37.8 Å². The van der Waals surface area contributed by atoms with Crippen molar-refractivity contribution in [1.29, 1.82) is 0 Å². The first-order valence-corrected chi connectivity index (χ1v) is 6.12. The number of hydrogen-bond acceptors (Lipinski definition) is 2. The van der Waals surface area contributed by atoms with Crippen LogP contribution in [-0.4, -0.2) is 18.0 Å². The molecule has 1 aliphatic rings. The lowest BCUT2D eigenvalue weighted by Gasteiger charge is -2.22. The smallest absolute Gasteiger partial charge is 0.0356 e. The second kappa shape index (κ2) is 4.25. The van der Waals surface area contributed by atoms with Crippen LogP contribution in [0.25, 0.3) is 0 Å². The topological polar surface area (TPSA) is 3.24 Å². The van der Waals surface area contributed by atoms with E-state index in [4.69, 9.17) is 0 Å². The van der Waals surface area contributed by atoms with Crippen LogP contribution < -0.4 is 0 Å². The maximum Gasteiger partial charge on any atom is 0.0356 e. The molecular formula is C11H17NS. The van der Waals surface area contributed by atoms with Crippen molar-refractivity contribution in [3.63, 3.8) is 0 Å². The minimum absolute atomic E-state index is 0.728. The van der Waals surface area contributed by atoms with Gasteiger partial charge in [0.05, 0.1) is 0 Å². The molecule has 1 aromatic rings. The van der Waals surface area contributed by atoms with E-state index in [1.165, 1.54) is 37.9 Å². The third kappa shape index (κ3) is 1.94. The fourth-order valence-electron chi connectivity index (χ4n) is 2.22. The molecule has 0 aliphatic carbocycles. The standard InChI is InChI=1S/C11H17NS/c1-2-6-12-7-3-4-11(12)10-5-8-13-9-10/h5,8-9,11H,2-4,6-7H2,1H3/t11-/m1/s1. The Hall–Kier alpha value is -0.340. The SMILES string of the molecule is CCCN1CCC[C@@H]1c1ccsc1. The molecule has 0 radical (unpaired) electrons. The van der Waals surface area contributed by atoms with E-state index in [2.05, 4.69) is 28.7 Å². The summed E-state index contributed by atoms with van der Waals surface area (Å²) in [4.78, 5) is 2.63. The molecule has 0 N–H and O–H groups in total. The van der Waals surface area contributed by atoms with Gasteiger partial charge in [-0.2, -0.15) is 11.3 Å². The minimum atomic E-state index is 0.728. The Morgan fingerprint density at radius 3 is 3.23 bits per heavy atom. The highest BCUT2D eigenvalue weighted by Gasteiger charge is 2.24. The molecule has 2 heterocycles. The van der Waals surface area contributed by atoms with Gasteiger partial charge in [0.1, 0.15) is 0 Å². The van der Waals surface area contributed by atoms with Gasteiger partial charge in [0, 0.05) is 6.04 Å². The van der Waals surface area contributed by atoms with Gasteiger partial charge in [-0.25, -0.2) is 0 Å². The molecule has 0 bridgehead atoms. The normalized spacial score (nSPS) is 23.9. The van der Waals surface area contributed by atoms with E-state index >= 15 is 0 Å². The molecule has 1 aromatic heterocycles. The van der Waals surface area contributed by atoms with Gasteiger partial charge in [-0.1, -0.05) is 6.92 Å². The largest absolute Gasteiger partial charge is 0.296 e. The van der Waals surface area contributed by atoms with E-state index in [0.29, 0.717) is 0 Å². The molecule has 2 rings (SSSR count). The first-order valence-electron chi connectivity index (χ1n) is 5.18. The van der Waals surface area contributed by atoms with Crippen LogP contribution in [0.2, 0.25) is 0 Å². The van der Waals surface area contributed by atoms with Crippen LogP contribution in [0, 0.1) is 0 Å². The van der Waals surface area contributed by atoms with Gasteiger partial charge >= 0.3 is 0 Å². The van der Waals surface area contributed by atoms with Crippen LogP contribution in [0.15, 0.2) is 16.8 Å². The molecule has 0 amide bonds. The zero-order valence-electron chi connectivity index (χ0n) is 8.20. The number of likely N-dealkylation sites (tertiary alicyclic amines) is 1. The fraction of sp³-hybridized carbons (Fsp3) is 0.636. The maximum atomic E-state index is 2.63. The second-order valence-corrected chi connectivity index (χ2v) is 4.53. The van der Waals surface area contributed by atoms with Crippen LogP contribution in [0.4, 0.5) is 0 Å². The van der Waals surface area contributed by atoms with Crippen LogP contribution in [0.5, 0.6) is 0 Å². The minimum Gasteiger partial charge on any atom is -0.296 e. The Balaban J connectivity index is 2.05. The summed E-state index contributed by atoms with van der Waals surface area (Å²) >= 11 is 1.82. The second-order valence-electron chi connectivity index (χ2n) is 3.75. The zero-order valence-corrected chi connectivity index (χ0v) is 9.02. The molecule has 1 atom stereocenters. The van der Waals surface area contributed by atoms with Crippen LogP contribution >= 0.6 is 11.3 Å². The summed E-state index contributed by atoms with van der Waals surface area (Å²) in [5.74, 6) is 0. The van der Waals surface area contributed by atoms with Crippen molar-refractivity contribution in [3.8, 4) is 0 Å². The van der Waals surface area contributed by atoms with Crippen molar-refractivity contribution in [3.05, 3.63) is 22.4 Å². The number of rotatable bonds is 3. The van der Waals surface area contributed by atoms with Gasteiger partial charge in [-0.3, -0.25) is 4.90 Å². The summed E-state index contributed by atoms with van der Waals surface area (Å²) in [5, 5.41) is 4.50. The van der Waals surface area contributed by atoms with Gasteiger partial charge in [0.25, 0.3) is 0 Å². The first kappa shape index (κ1) is 9.22. The van der Waals surface area contributed by atoms with Crippen molar-refractivity contribution in [2.45, 2.75) is 32.2 Å². The predicted octanol–water partition coefficient (Wildman–Crippen LogP) is 3.30. The summed E-state index contributed by atoms with van der Waals surface area (Å²) in [6.07, 6.45) is 4.01. The van der Waals surface area contributed by atoms with Gasteiger partial charge in [0.2, 0.25) is 0 Å². The number of thiophene rings is 1. The maximum absolute atomic E-state index is 2.63. The summed E-state index contributed by atoms with van der Waals surface area (Å²) in [7, 11) is 0. The molecule has 2 heteroatoms. The quantitative estimate of drug-likeness (QED) is 0.715. The van der Waals surface area contributed by atoms with Crippen molar-refractivity contribution in [2.24, 2.45) is 0 Å². The summed E-state index contributed by atoms with van der Waals surface area (Å²) in [5.41, 5.74) is 1.54. The average molecular weight is 195 g/mol. The summed E-state index contributed by atoms with van der Waals surface area (Å²) < 4.78 is 0. The average Bonchev–Trinajstić information content (AvgIpc) is 2.71. The monoisotopic (exact) mass is 195 g/mol. The first-order chi connectivity index (χ1) is 6.42. The Kier molecular flexibility index (Phi) is 3.01. The molecule has 0 aromatic carbocycles. The van der Waals surface area contributed by atoms with E-state index in [-0.39, 0.29) is 0 Å². The molecule has 1 nitrogen and oxygen atoms in total. The summed E-state index contributed by atoms with van der Waals surface area (Å²) in [6.45, 7) is 4.83. The van der Waals surface area contributed by atoms with Gasteiger partial charge in [0.15, 0.2) is 0 Å². The number of hydrogen-bond donors (Lipinski definition) is 0. The fourth-order valence-corrected chi connectivity index (χ4v) is 2.93. The molecule has 72 valence electrons. The molecule has 1 fully saturated rings. The van der Waals surface area contributed by atoms with E-state index in [1.54, 1.807) is 0 Å².